The van der Waals surface area contributed by atoms with Crippen molar-refractivity contribution >= 4 is 27.3 Å². The summed E-state index contributed by atoms with van der Waals surface area (Å²) in [5, 5.41) is 10.6. The van der Waals surface area contributed by atoms with Crippen LogP contribution in [0.25, 0.3) is 0 Å². The zero-order valence-corrected chi connectivity index (χ0v) is 12.5. The van der Waals surface area contributed by atoms with Crippen LogP contribution in [0, 0.1) is 0 Å². The largest absolute Gasteiger partial charge is 0.486 e. The van der Waals surface area contributed by atoms with E-state index in [-0.39, 0.29) is 0 Å². The number of hydrogen-bond donors (Lipinski definition) is 1. The van der Waals surface area contributed by atoms with E-state index in [1.807, 2.05) is 20.9 Å². The normalized spacial score (nSPS) is 12.2. The standard InChI is InChI=1S/C11H18BrNO2S/c1-11(2,14)7-13(3)6-8-5-9(12)10(15-4)16-8/h5,14H,6-7H2,1-4H3. The Morgan fingerprint density at radius 2 is 2.19 bits per heavy atom. The maximum absolute atomic E-state index is 9.70. The monoisotopic (exact) mass is 307 g/mol. The van der Waals surface area contributed by atoms with Crippen LogP contribution in [0.2, 0.25) is 0 Å². The summed E-state index contributed by atoms with van der Waals surface area (Å²) < 4.78 is 6.20. The Morgan fingerprint density at radius 1 is 1.56 bits per heavy atom. The summed E-state index contributed by atoms with van der Waals surface area (Å²) >= 11 is 5.07. The first-order chi connectivity index (χ1) is 7.31. The first-order valence-corrected chi connectivity index (χ1v) is 6.66. The number of rotatable bonds is 5. The highest BCUT2D eigenvalue weighted by Crippen LogP contribution is 2.35. The third-order valence-electron chi connectivity index (χ3n) is 1.97. The number of ether oxygens (including phenoxy) is 1. The highest BCUT2D eigenvalue weighted by atomic mass is 79.9. The summed E-state index contributed by atoms with van der Waals surface area (Å²) in [5.41, 5.74) is -0.659. The molecule has 92 valence electrons. The molecule has 1 aromatic rings. The quantitative estimate of drug-likeness (QED) is 0.908. The van der Waals surface area contributed by atoms with Gasteiger partial charge in [0.05, 0.1) is 17.2 Å². The van der Waals surface area contributed by atoms with Crippen molar-refractivity contribution in [3.05, 3.63) is 15.4 Å². The van der Waals surface area contributed by atoms with Crippen LogP contribution >= 0.6 is 27.3 Å². The molecule has 0 radical (unpaired) electrons. The van der Waals surface area contributed by atoms with Crippen LogP contribution in [0.3, 0.4) is 0 Å². The molecule has 1 rings (SSSR count). The van der Waals surface area contributed by atoms with Crippen LogP contribution < -0.4 is 4.74 Å². The van der Waals surface area contributed by atoms with Crippen molar-refractivity contribution in [3.8, 4) is 5.06 Å². The Balaban J connectivity index is 2.59. The summed E-state index contributed by atoms with van der Waals surface area (Å²) in [4.78, 5) is 3.31. The van der Waals surface area contributed by atoms with Gasteiger partial charge in [0.25, 0.3) is 0 Å². The molecule has 0 aromatic carbocycles. The van der Waals surface area contributed by atoms with E-state index in [2.05, 4.69) is 26.9 Å². The van der Waals surface area contributed by atoms with Crippen molar-refractivity contribution in [2.45, 2.75) is 26.0 Å². The first kappa shape index (κ1) is 14.0. The highest BCUT2D eigenvalue weighted by molar-refractivity contribution is 9.10. The zero-order chi connectivity index (χ0) is 12.3. The fourth-order valence-corrected chi connectivity index (χ4v) is 3.37. The number of nitrogens with zero attached hydrogens (tertiary/aromatic N) is 1. The van der Waals surface area contributed by atoms with Crippen molar-refractivity contribution in [3.63, 3.8) is 0 Å². The molecule has 0 aliphatic carbocycles. The Kier molecular flexibility index (Phi) is 4.79. The van der Waals surface area contributed by atoms with E-state index in [9.17, 15) is 5.11 Å². The fourth-order valence-electron chi connectivity index (χ4n) is 1.60. The second-order valence-corrected chi connectivity index (χ2v) is 6.49. The predicted molar refractivity (Wildman–Crippen MR) is 71.2 cm³/mol. The predicted octanol–water partition coefficient (Wildman–Crippen LogP) is 2.72. The van der Waals surface area contributed by atoms with Gasteiger partial charge in [0.15, 0.2) is 5.06 Å². The van der Waals surface area contributed by atoms with Gasteiger partial charge in [0, 0.05) is 18.0 Å². The van der Waals surface area contributed by atoms with Gasteiger partial charge in [0.1, 0.15) is 0 Å². The average Bonchev–Trinajstić information content (AvgIpc) is 2.42. The van der Waals surface area contributed by atoms with Gasteiger partial charge in [0.2, 0.25) is 0 Å². The number of likely N-dealkylation sites (N-methyl/N-ethyl adjacent to an activating group) is 1. The number of thiophene rings is 1. The lowest BCUT2D eigenvalue weighted by atomic mass is 10.1. The second kappa shape index (κ2) is 5.49. The molecule has 0 amide bonds. The Hall–Kier alpha value is -0.100. The minimum atomic E-state index is -0.659. The Labute approximate surface area is 109 Å². The minimum absolute atomic E-state index is 0.644. The van der Waals surface area contributed by atoms with E-state index in [1.54, 1.807) is 18.4 Å². The zero-order valence-electron chi connectivity index (χ0n) is 10.1. The lowest BCUT2D eigenvalue weighted by molar-refractivity contribution is 0.0427. The van der Waals surface area contributed by atoms with Crippen LogP contribution in [0.4, 0.5) is 0 Å². The molecule has 1 N–H and O–H groups in total. The summed E-state index contributed by atoms with van der Waals surface area (Å²) in [6, 6.07) is 2.06. The Morgan fingerprint density at radius 3 is 2.62 bits per heavy atom. The molecule has 1 heterocycles. The second-order valence-electron chi connectivity index (χ2n) is 4.54. The lowest BCUT2D eigenvalue weighted by Gasteiger charge is -2.24. The van der Waals surface area contributed by atoms with Gasteiger partial charge >= 0.3 is 0 Å². The molecule has 0 spiro atoms. The molecule has 0 fully saturated rings. The van der Waals surface area contributed by atoms with Gasteiger partial charge in [-0.1, -0.05) is 0 Å². The molecule has 0 saturated heterocycles. The SMILES string of the molecule is COc1sc(CN(C)CC(C)(C)O)cc1Br. The van der Waals surface area contributed by atoms with Gasteiger partial charge in [-0.2, -0.15) is 0 Å². The van der Waals surface area contributed by atoms with Gasteiger partial charge in [-0.15, -0.1) is 11.3 Å². The molecular weight excluding hydrogens is 290 g/mol. The molecule has 0 saturated carbocycles. The van der Waals surface area contributed by atoms with E-state index in [1.165, 1.54) is 4.88 Å². The molecule has 5 heteroatoms. The molecule has 0 unspecified atom stereocenters. The number of halogens is 1. The lowest BCUT2D eigenvalue weighted by Crippen LogP contribution is -2.35. The van der Waals surface area contributed by atoms with E-state index >= 15 is 0 Å². The third-order valence-corrected chi connectivity index (χ3v) is 3.91. The molecule has 0 aliphatic heterocycles. The highest BCUT2D eigenvalue weighted by Gasteiger charge is 2.16. The van der Waals surface area contributed by atoms with E-state index in [4.69, 9.17) is 4.74 Å². The van der Waals surface area contributed by atoms with Crippen LogP contribution in [0.5, 0.6) is 5.06 Å². The van der Waals surface area contributed by atoms with Gasteiger partial charge < -0.3 is 9.84 Å². The maximum atomic E-state index is 9.70. The topological polar surface area (TPSA) is 32.7 Å². The van der Waals surface area contributed by atoms with Crippen molar-refractivity contribution in [1.82, 2.24) is 4.90 Å². The van der Waals surface area contributed by atoms with Crippen LogP contribution in [-0.2, 0) is 6.54 Å². The van der Waals surface area contributed by atoms with E-state index in [0.717, 1.165) is 16.1 Å². The van der Waals surface area contributed by atoms with E-state index in [0.29, 0.717) is 6.54 Å². The first-order valence-electron chi connectivity index (χ1n) is 5.05. The molecule has 0 bridgehead atoms. The summed E-state index contributed by atoms with van der Waals surface area (Å²) in [5.74, 6) is 0. The molecule has 0 aliphatic rings. The van der Waals surface area contributed by atoms with E-state index < -0.39 is 5.60 Å². The summed E-state index contributed by atoms with van der Waals surface area (Å²) in [7, 11) is 3.67. The van der Waals surface area contributed by atoms with Crippen molar-refractivity contribution in [2.75, 3.05) is 20.7 Å². The molecule has 1 aromatic heterocycles. The van der Waals surface area contributed by atoms with Gasteiger partial charge in [-0.25, -0.2) is 0 Å². The molecule has 0 atom stereocenters. The molecule has 3 nitrogen and oxygen atoms in total. The third kappa shape index (κ3) is 4.41. The summed E-state index contributed by atoms with van der Waals surface area (Å²) in [6.07, 6.45) is 0. The smallest absolute Gasteiger partial charge is 0.188 e. The van der Waals surface area contributed by atoms with Crippen molar-refractivity contribution < 1.29 is 9.84 Å². The number of aliphatic hydroxyl groups is 1. The summed E-state index contributed by atoms with van der Waals surface area (Å²) in [6.45, 7) is 5.09. The van der Waals surface area contributed by atoms with Crippen LogP contribution in [0.1, 0.15) is 18.7 Å². The van der Waals surface area contributed by atoms with Gasteiger partial charge in [-0.05, 0) is 42.9 Å². The van der Waals surface area contributed by atoms with Crippen molar-refractivity contribution in [1.29, 1.82) is 0 Å². The molecule has 16 heavy (non-hydrogen) atoms. The number of methoxy groups -OCH3 is 1. The number of hydrogen-bond acceptors (Lipinski definition) is 4. The van der Waals surface area contributed by atoms with Crippen LogP contribution in [-0.4, -0.2) is 36.3 Å². The average molecular weight is 308 g/mol. The van der Waals surface area contributed by atoms with Crippen LogP contribution in [0.15, 0.2) is 10.5 Å². The van der Waals surface area contributed by atoms with Gasteiger partial charge in [-0.3, -0.25) is 4.90 Å². The minimum Gasteiger partial charge on any atom is -0.486 e. The molecular formula is C11H18BrNO2S. The maximum Gasteiger partial charge on any atom is 0.188 e. The Bertz CT molecular complexity index is 346. The van der Waals surface area contributed by atoms with Crippen molar-refractivity contribution in [2.24, 2.45) is 0 Å². The fraction of sp³-hybridized carbons (Fsp3) is 0.636.